The van der Waals surface area contributed by atoms with Gasteiger partial charge in [0, 0.05) is 24.3 Å². The van der Waals surface area contributed by atoms with Gasteiger partial charge in [-0.2, -0.15) is 5.10 Å². The number of hydrogen-bond donors (Lipinski definition) is 1. The van der Waals surface area contributed by atoms with Gasteiger partial charge in [0.2, 0.25) is 12.0 Å². The molecule has 0 bridgehead atoms. The van der Waals surface area contributed by atoms with Crippen LogP contribution in [0.2, 0.25) is 0 Å². The minimum Gasteiger partial charge on any atom is -0.485 e. The van der Waals surface area contributed by atoms with Gasteiger partial charge in [-0.3, -0.25) is 9.59 Å². The maximum Gasteiger partial charge on any atom is 0.268 e. The predicted molar refractivity (Wildman–Crippen MR) is 117 cm³/mol. The van der Waals surface area contributed by atoms with Crippen molar-refractivity contribution < 1.29 is 19.1 Å². The number of benzene rings is 2. The molecule has 1 fully saturated rings. The number of para-hydroxylation sites is 3. The molecule has 8 nitrogen and oxygen atoms in total. The minimum atomic E-state index is -0.817. The SMILES string of the molecule is Cc1nn(-c2ccccc2)c(C)c1[C@@H]1C(=O)NCCN1C(=O)[C@@H]1COc2ccccc2O1. The molecule has 2 aliphatic rings. The fourth-order valence-corrected chi connectivity index (χ4v) is 4.39. The Bertz CT molecular complexity index is 1170. The van der Waals surface area contributed by atoms with E-state index in [9.17, 15) is 9.59 Å². The number of carbonyl (C=O) groups is 2. The van der Waals surface area contributed by atoms with Crippen LogP contribution in [0.5, 0.6) is 11.5 Å². The average molecular weight is 432 g/mol. The van der Waals surface area contributed by atoms with E-state index >= 15 is 0 Å². The van der Waals surface area contributed by atoms with E-state index in [0.717, 1.165) is 16.9 Å². The monoisotopic (exact) mass is 432 g/mol. The topological polar surface area (TPSA) is 85.7 Å². The molecule has 2 aromatic carbocycles. The maximum absolute atomic E-state index is 13.5. The molecule has 0 aliphatic carbocycles. The van der Waals surface area contributed by atoms with Gasteiger partial charge in [-0.15, -0.1) is 0 Å². The second-order valence-electron chi connectivity index (χ2n) is 7.92. The van der Waals surface area contributed by atoms with Gasteiger partial charge < -0.3 is 19.7 Å². The Morgan fingerprint density at radius 3 is 2.56 bits per heavy atom. The van der Waals surface area contributed by atoms with E-state index in [4.69, 9.17) is 9.47 Å². The lowest BCUT2D eigenvalue weighted by atomic mass is 9.99. The molecule has 0 radical (unpaired) electrons. The van der Waals surface area contributed by atoms with E-state index in [2.05, 4.69) is 10.4 Å². The number of ether oxygens (including phenoxy) is 2. The molecule has 0 saturated carbocycles. The zero-order chi connectivity index (χ0) is 22.2. The van der Waals surface area contributed by atoms with Crippen molar-refractivity contribution in [2.24, 2.45) is 0 Å². The standard InChI is InChI=1S/C24H24N4O4/c1-15-21(16(2)28(26-15)17-8-4-3-5-9-17)22-23(29)25-12-13-27(22)24(30)20-14-31-18-10-6-7-11-19(18)32-20/h3-11,20,22H,12-14H2,1-2H3,(H,25,29)/t20-,22+/m0/s1. The summed E-state index contributed by atoms with van der Waals surface area (Å²) in [5.41, 5.74) is 3.16. The number of carbonyl (C=O) groups excluding carboxylic acids is 2. The lowest BCUT2D eigenvalue weighted by Gasteiger charge is -2.38. The van der Waals surface area contributed by atoms with E-state index < -0.39 is 12.1 Å². The van der Waals surface area contributed by atoms with Crippen molar-refractivity contribution in [3.63, 3.8) is 0 Å². The highest BCUT2D eigenvalue weighted by Crippen LogP contribution is 2.34. The summed E-state index contributed by atoms with van der Waals surface area (Å²) in [5.74, 6) is 0.644. The predicted octanol–water partition coefficient (Wildman–Crippen LogP) is 2.33. The van der Waals surface area contributed by atoms with Crippen molar-refractivity contribution in [3.8, 4) is 17.2 Å². The zero-order valence-electron chi connectivity index (χ0n) is 17.9. The Hall–Kier alpha value is -3.81. The first-order valence-electron chi connectivity index (χ1n) is 10.6. The van der Waals surface area contributed by atoms with Gasteiger partial charge in [0.05, 0.1) is 11.4 Å². The third-order valence-electron chi connectivity index (χ3n) is 5.90. The van der Waals surface area contributed by atoms with E-state index in [0.29, 0.717) is 30.3 Å². The largest absolute Gasteiger partial charge is 0.485 e. The number of fused-ring (bicyclic) bond motifs is 1. The highest BCUT2D eigenvalue weighted by Gasteiger charge is 2.42. The Balaban J connectivity index is 1.49. The molecule has 2 amide bonds. The van der Waals surface area contributed by atoms with Crippen molar-refractivity contribution in [2.75, 3.05) is 19.7 Å². The molecule has 3 aromatic rings. The minimum absolute atomic E-state index is 0.0991. The van der Waals surface area contributed by atoms with Gasteiger partial charge in [-0.1, -0.05) is 30.3 Å². The van der Waals surface area contributed by atoms with E-state index in [1.165, 1.54) is 0 Å². The molecule has 3 heterocycles. The number of piperazine rings is 1. The van der Waals surface area contributed by atoms with Crippen LogP contribution in [0.15, 0.2) is 54.6 Å². The highest BCUT2D eigenvalue weighted by molar-refractivity contribution is 5.92. The van der Waals surface area contributed by atoms with Gasteiger partial charge in [-0.25, -0.2) is 4.68 Å². The first-order valence-corrected chi connectivity index (χ1v) is 10.6. The zero-order valence-corrected chi connectivity index (χ0v) is 17.9. The Morgan fingerprint density at radius 1 is 1.06 bits per heavy atom. The van der Waals surface area contributed by atoms with Crippen LogP contribution in [0.1, 0.15) is 23.0 Å². The van der Waals surface area contributed by atoms with Gasteiger partial charge in [0.15, 0.2) is 11.5 Å². The molecule has 5 rings (SSSR count). The number of aryl methyl sites for hydroxylation is 1. The quantitative estimate of drug-likeness (QED) is 0.687. The smallest absolute Gasteiger partial charge is 0.268 e. The molecule has 0 spiro atoms. The first-order chi connectivity index (χ1) is 15.5. The molecule has 2 atom stereocenters. The lowest BCUT2D eigenvalue weighted by Crippen LogP contribution is -2.56. The van der Waals surface area contributed by atoms with Crippen LogP contribution in [-0.2, 0) is 9.59 Å². The molecule has 164 valence electrons. The summed E-state index contributed by atoms with van der Waals surface area (Å²) >= 11 is 0. The van der Waals surface area contributed by atoms with Crippen LogP contribution in [0.3, 0.4) is 0 Å². The third kappa shape index (κ3) is 3.37. The van der Waals surface area contributed by atoms with Crippen molar-refractivity contribution in [1.29, 1.82) is 0 Å². The van der Waals surface area contributed by atoms with E-state index in [-0.39, 0.29) is 18.4 Å². The van der Waals surface area contributed by atoms with Crippen LogP contribution >= 0.6 is 0 Å². The second kappa shape index (κ2) is 8.03. The summed E-state index contributed by atoms with van der Waals surface area (Å²) in [6.07, 6.45) is -0.817. The normalized spacial score (nSPS) is 20.1. The fraction of sp³-hybridized carbons (Fsp3) is 0.292. The molecule has 1 N–H and O–H groups in total. The van der Waals surface area contributed by atoms with Crippen molar-refractivity contribution in [2.45, 2.75) is 26.0 Å². The molecule has 1 aromatic heterocycles. The van der Waals surface area contributed by atoms with Gasteiger partial charge in [-0.05, 0) is 38.1 Å². The Labute approximate surface area is 185 Å². The van der Waals surface area contributed by atoms with Crippen LogP contribution in [0.25, 0.3) is 5.69 Å². The molecule has 0 unspecified atom stereocenters. The summed E-state index contributed by atoms with van der Waals surface area (Å²) in [6.45, 7) is 4.65. The van der Waals surface area contributed by atoms with Crippen molar-refractivity contribution >= 4 is 11.8 Å². The van der Waals surface area contributed by atoms with E-state index in [1.807, 2.05) is 61.0 Å². The average Bonchev–Trinajstić information content (AvgIpc) is 3.12. The second-order valence-corrected chi connectivity index (χ2v) is 7.92. The van der Waals surface area contributed by atoms with Crippen molar-refractivity contribution in [1.82, 2.24) is 20.0 Å². The van der Waals surface area contributed by atoms with Gasteiger partial charge in [0.25, 0.3) is 5.91 Å². The number of hydrogen-bond acceptors (Lipinski definition) is 5. The van der Waals surface area contributed by atoms with Crippen molar-refractivity contribution in [3.05, 3.63) is 71.5 Å². The lowest BCUT2D eigenvalue weighted by molar-refractivity contribution is -0.150. The van der Waals surface area contributed by atoms with Gasteiger partial charge >= 0.3 is 0 Å². The molecular weight excluding hydrogens is 408 g/mol. The summed E-state index contributed by atoms with van der Waals surface area (Å²) in [6, 6.07) is 16.2. The molecule has 32 heavy (non-hydrogen) atoms. The van der Waals surface area contributed by atoms with Gasteiger partial charge in [0.1, 0.15) is 12.6 Å². The van der Waals surface area contributed by atoms with E-state index in [1.54, 1.807) is 17.0 Å². The number of amides is 2. The summed E-state index contributed by atoms with van der Waals surface area (Å²) in [7, 11) is 0. The number of nitrogens with one attached hydrogen (secondary N) is 1. The molecule has 8 heteroatoms. The molecular formula is C24H24N4O4. The molecule has 1 saturated heterocycles. The maximum atomic E-state index is 13.5. The number of nitrogens with zero attached hydrogens (tertiary/aromatic N) is 3. The summed E-state index contributed by atoms with van der Waals surface area (Å²) in [5, 5.41) is 7.56. The Kier molecular flexibility index (Phi) is 5.05. The van der Waals surface area contributed by atoms with Crippen LogP contribution in [-0.4, -0.2) is 52.3 Å². The summed E-state index contributed by atoms with van der Waals surface area (Å²) in [4.78, 5) is 28.1. The first kappa shape index (κ1) is 20.1. The third-order valence-corrected chi connectivity index (χ3v) is 5.90. The highest BCUT2D eigenvalue weighted by atomic mass is 16.6. The Morgan fingerprint density at radius 2 is 1.78 bits per heavy atom. The fourth-order valence-electron chi connectivity index (χ4n) is 4.39. The van der Waals surface area contributed by atoms with Crippen LogP contribution < -0.4 is 14.8 Å². The van der Waals surface area contributed by atoms with Crippen LogP contribution in [0, 0.1) is 13.8 Å². The number of aromatic nitrogens is 2. The van der Waals surface area contributed by atoms with Crippen LogP contribution in [0.4, 0.5) is 0 Å². The molecule has 2 aliphatic heterocycles. The summed E-state index contributed by atoms with van der Waals surface area (Å²) < 4.78 is 13.5. The number of rotatable bonds is 3.